The lowest BCUT2D eigenvalue weighted by Crippen LogP contribution is -1.87. The Morgan fingerprint density at radius 3 is 2.33 bits per heavy atom. The lowest BCUT2D eigenvalue weighted by molar-refractivity contribution is 0.416. The molecule has 0 fully saturated rings. The van der Waals surface area contributed by atoms with Gasteiger partial charge in [-0.2, -0.15) is 8.78 Å². The zero-order chi connectivity index (χ0) is 8.97. The molecule has 2 heteroatoms. The second-order valence-electron chi connectivity index (χ2n) is 2.66. The second kappa shape index (κ2) is 4.00. The van der Waals surface area contributed by atoms with E-state index in [1.54, 1.807) is 6.92 Å². The molecular weight excluding hydrogens is 158 g/mol. The van der Waals surface area contributed by atoms with E-state index in [0.29, 0.717) is 0 Å². The lowest BCUT2D eigenvalue weighted by Gasteiger charge is -2.04. The normalized spacial score (nSPS) is 12.2. The molecule has 64 valence electrons. The Morgan fingerprint density at radius 1 is 1.25 bits per heavy atom. The minimum absolute atomic E-state index is 0.212. The van der Waals surface area contributed by atoms with Gasteiger partial charge in [0.15, 0.2) is 0 Å². The SMILES string of the molecule is CC(C=C(F)F)c1ccccc1. The van der Waals surface area contributed by atoms with Gasteiger partial charge in [0.1, 0.15) is 0 Å². The van der Waals surface area contributed by atoms with Crippen LogP contribution in [0.15, 0.2) is 42.5 Å². The van der Waals surface area contributed by atoms with Gasteiger partial charge in [-0.3, -0.25) is 0 Å². The highest BCUT2D eigenvalue weighted by Gasteiger charge is 2.02. The summed E-state index contributed by atoms with van der Waals surface area (Å²) in [6.07, 6.45) is -0.665. The summed E-state index contributed by atoms with van der Waals surface area (Å²) in [5.74, 6) is -0.212. The fourth-order valence-corrected chi connectivity index (χ4v) is 1.04. The van der Waals surface area contributed by atoms with Gasteiger partial charge in [0.2, 0.25) is 0 Å². The van der Waals surface area contributed by atoms with Crippen molar-refractivity contribution in [1.29, 1.82) is 0 Å². The summed E-state index contributed by atoms with van der Waals surface area (Å²) in [6, 6.07) is 9.23. The van der Waals surface area contributed by atoms with Crippen molar-refractivity contribution >= 4 is 0 Å². The van der Waals surface area contributed by atoms with Crippen LogP contribution in [0.4, 0.5) is 8.78 Å². The molecule has 0 amide bonds. The Balaban J connectivity index is 2.79. The summed E-state index contributed by atoms with van der Waals surface area (Å²) in [5.41, 5.74) is 0.908. The molecule has 0 aliphatic carbocycles. The number of benzene rings is 1. The quantitative estimate of drug-likeness (QED) is 0.633. The van der Waals surface area contributed by atoms with Crippen LogP contribution in [0.3, 0.4) is 0 Å². The molecule has 0 aliphatic heterocycles. The molecule has 0 nitrogen and oxygen atoms in total. The lowest BCUT2D eigenvalue weighted by atomic mass is 10.0. The Kier molecular flexibility index (Phi) is 2.97. The third-order valence-corrected chi connectivity index (χ3v) is 1.70. The largest absolute Gasteiger partial charge is 0.266 e. The van der Waals surface area contributed by atoms with E-state index in [2.05, 4.69) is 0 Å². The van der Waals surface area contributed by atoms with E-state index < -0.39 is 6.08 Å². The van der Waals surface area contributed by atoms with Crippen molar-refractivity contribution in [2.45, 2.75) is 12.8 Å². The zero-order valence-corrected chi connectivity index (χ0v) is 6.80. The highest BCUT2D eigenvalue weighted by atomic mass is 19.3. The molecule has 1 rings (SSSR count). The third kappa shape index (κ3) is 2.46. The molecule has 0 spiro atoms. The molecule has 0 saturated heterocycles. The van der Waals surface area contributed by atoms with Crippen LogP contribution in [0.1, 0.15) is 18.4 Å². The average molecular weight is 168 g/mol. The van der Waals surface area contributed by atoms with Crippen molar-refractivity contribution in [2.24, 2.45) is 0 Å². The van der Waals surface area contributed by atoms with Crippen molar-refractivity contribution in [3.63, 3.8) is 0 Å². The minimum Gasteiger partial charge on any atom is -0.174 e. The number of hydrogen-bond donors (Lipinski definition) is 0. The molecule has 1 atom stereocenters. The summed E-state index contributed by atoms with van der Waals surface area (Å²) in [7, 11) is 0. The third-order valence-electron chi connectivity index (χ3n) is 1.70. The van der Waals surface area contributed by atoms with Gasteiger partial charge in [-0.05, 0) is 11.6 Å². The Labute approximate surface area is 70.5 Å². The van der Waals surface area contributed by atoms with Crippen LogP contribution in [-0.4, -0.2) is 0 Å². The van der Waals surface area contributed by atoms with Crippen LogP contribution in [-0.2, 0) is 0 Å². The Hall–Kier alpha value is -1.18. The van der Waals surface area contributed by atoms with Crippen molar-refractivity contribution in [2.75, 3.05) is 0 Å². The summed E-state index contributed by atoms with van der Waals surface area (Å²) in [4.78, 5) is 0. The van der Waals surface area contributed by atoms with Gasteiger partial charge < -0.3 is 0 Å². The van der Waals surface area contributed by atoms with Crippen LogP contribution in [0.25, 0.3) is 0 Å². The maximum atomic E-state index is 11.8. The first-order valence-electron chi connectivity index (χ1n) is 3.78. The highest BCUT2D eigenvalue weighted by Crippen LogP contribution is 2.18. The first kappa shape index (κ1) is 8.91. The zero-order valence-electron chi connectivity index (χ0n) is 6.80. The number of hydrogen-bond acceptors (Lipinski definition) is 0. The van der Waals surface area contributed by atoms with E-state index in [9.17, 15) is 8.78 Å². The molecule has 1 aromatic carbocycles. The van der Waals surface area contributed by atoms with E-state index in [4.69, 9.17) is 0 Å². The standard InChI is InChI=1S/C10H10F2/c1-8(7-10(11)12)9-5-3-2-4-6-9/h2-8H,1H3. The Morgan fingerprint density at radius 2 is 1.83 bits per heavy atom. The summed E-state index contributed by atoms with van der Waals surface area (Å²) in [5, 5.41) is 0. The predicted molar refractivity (Wildman–Crippen MR) is 45.2 cm³/mol. The second-order valence-corrected chi connectivity index (χ2v) is 2.66. The van der Waals surface area contributed by atoms with Crippen molar-refractivity contribution in [1.82, 2.24) is 0 Å². The van der Waals surface area contributed by atoms with E-state index in [0.717, 1.165) is 11.6 Å². The number of rotatable bonds is 2. The molecule has 0 radical (unpaired) electrons. The van der Waals surface area contributed by atoms with Crippen LogP contribution >= 0.6 is 0 Å². The van der Waals surface area contributed by atoms with Gasteiger partial charge in [0, 0.05) is 5.92 Å². The number of halogens is 2. The van der Waals surface area contributed by atoms with Gasteiger partial charge in [-0.1, -0.05) is 37.3 Å². The van der Waals surface area contributed by atoms with Gasteiger partial charge in [0.05, 0.1) is 0 Å². The van der Waals surface area contributed by atoms with E-state index in [-0.39, 0.29) is 5.92 Å². The molecule has 0 aliphatic rings. The molecule has 1 unspecified atom stereocenters. The van der Waals surface area contributed by atoms with E-state index in [1.807, 2.05) is 30.3 Å². The smallest absolute Gasteiger partial charge is 0.174 e. The molecule has 0 saturated carbocycles. The summed E-state index contributed by atoms with van der Waals surface area (Å²) >= 11 is 0. The fourth-order valence-electron chi connectivity index (χ4n) is 1.04. The first-order chi connectivity index (χ1) is 5.70. The highest BCUT2D eigenvalue weighted by molar-refractivity contribution is 5.22. The molecular formula is C10H10F2. The monoisotopic (exact) mass is 168 g/mol. The van der Waals surface area contributed by atoms with Crippen molar-refractivity contribution in [3.05, 3.63) is 48.1 Å². The minimum atomic E-state index is -1.62. The van der Waals surface area contributed by atoms with Crippen molar-refractivity contribution < 1.29 is 8.78 Å². The van der Waals surface area contributed by atoms with Gasteiger partial charge in [0.25, 0.3) is 6.08 Å². The predicted octanol–water partition coefficient (Wildman–Crippen LogP) is 3.57. The molecule has 0 N–H and O–H groups in total. The fraction of sp³-hybridized carbons (Fsp3) is 0.200. The molecule has 1 aromatic rings. The maximum Gasteiger partial charge on any atom is 0.266 e. The molecule has 0 heterocycles. The number of allylic oxidation sites excluding steroid dienone is 1. The van der Waals surface area contributed by atoms with Gasteiger partial charge in [-0.15, -0.1) is 0 Å². The summed E-state index contributed by atoms with van der Waals surface area (Å²) < 4.78 is 23.7. The van der Waals surface area contributed by atoms with E-state index in [1.165, 1.54) is 0 Å². The maximum absolute atomic E-state index is 11.8. The van der Waals surface area contributed by atoms with Crippen LogP contribution < -0.4 is 0 Å². The molecule has 0 bridgehead atoms. The summed E-state index contributed by atoms with van der Waals surface area (Å²) in [6.45, 7) is 1.74. The van der Waals surface area contributed by atoms with Gasteiger partial charge in [-0.25, -0.2) is 0 Å². The van der Waals surface area contributed by atoms with E-state index >= 15 is 0 Å². The van der Waals surface area contributed by atoms with Crippen LogP contribution in [0.2, 0.25) is 0 Å². The van der Waals surface area contributed by atoms with Crippen LogP contribution in [0, 0.1) is 0 Å². The van der Waals surface area contributed by atoms with Crippen LogP contribution in [0.5, 0.6) is 0 Å². The topological polar surface area (TPSA) is 0 Å². The average Bonchev–Trinajstić information content (AvgIpc) is 2.05. The Bertz CT molecular complexity index is 260. The van der Waals surface area contributed by atoms with Crippen molar-refractivity contribution in [3.8, 4) is 0 Å². The molecule has 12 heavy (non-hydrogen) atoms. The molecule has 0 aromatic heterocycles. The van der Waals surface area contributed by atoms with Gasteiger partial charge >= 0.3 is 0 Å². The first-order valence-corrected chi connectivity index (χ1v) is 3.78.